The third kappa shape index (κ3) is 5.79. The molecular formula is C24H28ClN5O4. The number of carbonyl (C=O) groups excluding carboxylic acids is 1. The average molecular weight is 486 g/mol. The molecule has 0 fully saturated rings. The van der Waals surface area contributed by atoms with E-state index < -0.39 is 11.2 Å². The number of ether oxygens (including phenoxy) is 1. The highest BCUT2D eigenvalue weighted by Crippen LogP contribution is 2.27. The van der Waals surface area contributed by atoms with Crippen LogP contribution in [0.3, 0.4) is 0 Å². The Bertz CT molecular complexity index is 1270. The standard InChI is InChI=1S/C24H28ClN5O4/c1-15(2)13-29(20(31)12-27-17-9-10-19(34-3)18(25)11-17)21-22(26)30(24(33)28-23(21)32)14-16-7-5-4-6-8-16/h4-11,15,27H,12-14,26H2,1-3H3,(H,28,32,33). The smallest absolute Gasteiger partial charge is 0.330 e. The summed E-state index contributed by atoms with van der Waals surface area (Å²) < 4.78 is 6.39. The first kappa shape index (κ1) is 24.9. The maximum Gasteiger partial charge on any atom is 0.330 e. The zero-order chi connectivity index (χ0) is 24.8. The van der Waals surface area contributed by atoms with Gasteiger partial charge in [-0.3, -0.25) is 19.1 Å². The highest BCUT2D eigenvalue weighted by molar-refractivity contribution is 6.32. The van der Waals surface area contributed by atoms with E-state index in [4.69, 9.17) is 22.1 Å². The van der Waals surface area contributed by atoms with Crippen LogP contribution in [0.15, 0.2) is 58.1 Å². The van der Waals surface area contributed by atoms with E-state index >= 15 is 0 Å². The van der Waals surface area contributed by atoms with Crippen LogP contribution in [-0.4, -0.2) is 35.7 Å². The van der Waals surface area contributed by atoms with Gasteiger partial charge in [0.25, 0.3) is 5.56 Å². The highest BCUT2D eigenvalue weighted by Gasteiger charge is 2.25. The van der Waals surface area contributed by atoms with E-state index in [-0.39, 0.29) is 43.0 Å². The number of carbonyl (C=O) groups is 1. The molecule has 0 aliphatic rings. The number of hydrogen-bond acceptors (Lipinski definition) is 6. The number of nitrogens with two attached hydrogens (primary N) is 1. The number of nitrogens with one attached hydrogen (secondary N) is 2. The molecule has 0 aliphatic carbocycles. The monoisotopic (exact) mass is 485 g/mol. The lowest BCUT2D eigenvalue weighted by Crippen LogP contribution is -2.44. The largest absolute Gasteiger partial charge is 0.495 e. The van der Waals surface area contributed by atoms with Crippen LogP contribution in [-0.2, 0) is 11.3 Å². The van der Waals surface area contributed by atoms with Crippen LogP contribution in [0.25, 0.3) is 0 Å². The van der Waals surface area contributed by atoms with Crippen molar-refractivity contribution in [3.8, 4) is 5.75 Å². The molecule has 0 saturated heterocycles. The number of nitrogens with zero attached hydrogens (tertiary/aromatic N) is 2. The number of methoxy groups -OCH3 is 1. The lowest BCUT2D eigenvalue weighted by Gasteiger charge is -2.26. The number of anilines is 3. The number of aromatic nitrogens is 2. The number of aromatic amines is 1. The fourth-order valence-corrected chi connectivity index (χ4v) is 3.75. The molecule has 0 unspecified atom stereocenters. The van der Waals surface area contributed by atoms with Crippen molar-refractivity contribution < 1.29 is 9.53 Å². The topological polar surface area (TPSA) is 122 Å². The Morgan fingerprint density at radius 2 is 1.91 bits per heavy atom. The maximum atomic E-state index is 13.2. The first-order valence-electron chi connectivity index (χ1n) is 10.8. The fraction of sp³-hybridized carbons (Fsp3) is 0.292. The molecule has 0 spiro atoms. The Labute approximate surface area is 202 Å². The third-order valence-corrected chi connectivity index (χ3v) is 5.41. The summed E-state index contributed by atoms with van der Waals surface area (Å²) in [7, 11) is 1.51. The van der Waals surface area contributed by atoms with Crippen LogP contribution in [0.4, 0.5) is 17.2 Å². The Morgan fingerprint density at radius 1 is 1.21 bits per heavy atom. The number of benzene rings is 2. The van der Waals surface area contributed by atoms with Gasteiger partial charge in [-0.15, -0.1) is 0 Å². The van der Waals surface area contributed by atoms with Gasteiger partial charge in [-0.05, 0) is 29.7 Å². The van der Waals surface area contributed by atoms with E-state index in [0.29, 0.717) is 16.5 Å². The van der Waals surface area contributed by atoms with Gasteiger partial charge in [-0.2, -0.15) is 0 Å². The van der Waals surface area contributed by atoms with Crippen molar-refractivity contribution in [3.05, 3.63) is 80.0 Å². The van der Waals surface area contributed by atoms with Gasteiger partial charge in [0.15, 0.2) is 5.69 Å². The summed E-state index contributed by atoms with van der Waals surface area (Å²) in [6, 6.07) is 14.3. The third-order valence-electron chi connectivity index (χ3n) is 5.11. The maximum absolute atomic E-state index is 13.2. The number of hydrogen-bond donors (Lipinski definition) is 3. The van der Waals surface area contributed by atoms with Crippen LogP contribution >= 0.6 is 11.6 Å². The van der Waals surface area contributed by atoms with Crippen LogP contribution in [0, 0.1) is 5.92 Å². The van der Waals surface area contributed by atoms with Crippen molar-refractivity contribution in [1.82, 2.24) is 9.55 Å². The zero-order valence-electron chi connectivity index (χ0n) is 19.3. The van der Waals surface area contributed by atoms with Gasteiger partial charge in [-0.25, -0.2) is 4.79 Å². The molecule has 0 radical (unpaired) electrons. The first-order valence-corrected chi connectivity index (χ1v) is 11.1. The Balaban J connectivity index is 1.93. The first-order chi connectivity index (χ1) is 16.2. The second-order valence-electron chi connectivity index (χ2n) is 8.17. The molecule has 180 valence electrons. The van der Waals surface area contributed by atoms with Gasteiger partial charge in [0, 0.05) is 12.2 Å². The zero-order valence-corrected chi connectivity index (χ0v) is 20.1. The number of rotatable bonds is 9. The van der Waals surface area contributed by atoms with Gasteiger partial charge >= 0.3 is 5.69 Å². The van der Waals surface area contributed by atoms with E-state index in [1.165, 1.54) is 16.6 Å². The van der Waals surface area contributed by atoms with Crippen molar-refractivity contribution in [3.63, 3.8) is 0 Å². The number of halogens is 1. The van der Waals surface area contributed by atoms with Crippen LogP contribution in [0.5, 0.6) is 5.75 Å². The molecule has 0 atom stereocenters. The van der Waals surface area contributed by atoms with E-state index in [1.807, 2.05) is 44.2 Å². The molecule has 0 bridgehead atoms. The summed E-state index contributed by atoms with van der Waals surface area (Å²) in [6.45, 7) is 4.11. The summed E-state index contributed by atoms with van der Waals surface area (Å²) in [5.74, 6) is 0.0921. The molecule has 3 aromatic rings. The van der Waals surface area contributed by atoms with Crippen molar-refractivity contribution in [2.24, 2.45) is 5.92 Å². The molecule has 0 aliphatic heterocycles. The van der Waals surface area contributed by atoms with Gasteiger partial charge in [0.1, 0.15) is 11.6 Å². The van der Waals surface area contributed by atoms with Crippen molar-refractivity contribution in [2.75, 3.05) is 36.1 Å². The molecule has 4 N–H and O–H groups in total. The molecule has 3 rings (SSSR count). The van der Waals surface area contributed by atoms with E-state index in [1.54, 1.807) is 18.2 Å². The minimum Gasteiger partial charge on any atom is -0.495 e. The molecular weight excluding hydrogens is 458 g/mol. The van der Waals surface area contributed by atoms with Crippen LogP contribution in [0.2, 0.25) is 5.02 Å². The molecule has 2 aromatic carbocycles. The number of amides is 1. The fourth-order valence-electron chi connectivity index (χ4n) is 3.49. The second kappa shape index (κ2) is 10.9. The SMILES string of the molecule is COc1ccc(NCC(=O)N(CC(C)C)c2c(N)n(Cc3ccccc3)c(=O)[nH]c2=O)cc1Cl. The quantitative estimate of drug-likeness (QED) is 0.428. The second-order valence-corrected chi connectivity index (χ2v) is 8.57. The van der Waals surface area contributed by atoms with E-state index in [9.17, 15) is 14.4 Å². The van der Waals surface area contributed by atoms with Gasteiger partial charge in [0.2, 0.25) is 5.91 Å². The molecule has 10 heteroatoms. The number of H-pyrrole nitrogens is 1. The molecule has 34 heavy (non-hydrogen) atoms. The summed E-state index contributed by atoms with van der Waals surface area (Å²) in [4.78, 5) is 42.1. The molecule has 1 amide bonds. The van der Waals surface area contributed by atoms with Gasteiger partial charge in [0.05, 0.1) is 25.2 Å². The molecule has 1 aromatic heterocycles. The van der Waals surface area contributed by atoms with Crippen molar-refractivity contribution in [2.45, 2.75) is 20.4 Å². The lowest BCUT2D eigenvalue weighted by atomic mass is 10.2. The normalized spacial score (nSPS) is 10.9. The predicted molar refractivity (Wildman–Crippen MR) is 135 cm³/mol. The van der Waals surface area contributed by atoms with Crippen molar-refractivity contribution >= 4 is 34.7 Å². The lowest BCUT2D eigenvalue weighted by molar-refractivity contribution is -0.117. The number of nitrogen functional groups attached to an aromatic ring is 1. The molecule has 0 saturated carbocycles. The Hall–Kier alpha value is -3.72. The highest BCUT2D eigenvalue weighted by atomic mass is 35.5. The van der Waals surface area contributed by atoms with Crippen molar-refractivity contribution in [1.29, 1.82) is 0 Å². The summed E-state index contributed by atoms with van der Waals surface area (Å²) in [6.07, 6.45) is 0. The van der Waals surface area contributed by atoms with E-state index in [2.05, 4.69) is 10.3 Å². The Kier molecular flexibility index (Phi) is 8.01. The van der Waals surface area contributed by atoms with E-state index in [0.717, 1.165) is 5.56 Å². The minimum absolute atomic E-state index is 0.0349. The summed E-state index contributed by atoms with van der Waals surface area (Å²) >= 11 is 6.16. The molecule has 9 nitrogen and oxygen atoms in total. The summed E-state index contributed by atoms with van der Waals surface area (Å²) in [5.41, 5.74) is 6.33. The minimum atomic E-state index is -0.715. The predicted octanol–water partition coefficient (Wildman–Crippen LogP) is 2.93. The van der Waals surface area contributed by atoms with Crippen LogP contribution < -0.4 is 31.9 Å². The Morgan fingerprint density at radius 3 is 2.53 bits per heavy atom. The molecule has 1 heterocycles. The van der Waals surface area contributed by atoms with Crippen LogP contribution in [0.1, 0.15) is 19.4 Å². The van der Waals surface area contributed by atoms with Gasteiger partial charge < -0.3 is 20.7 Å². The summed E-state index contributed by atoms with van der Waals surface area (Å²) in [5, 5.41) is 3.41. The van der Waals surface area contributed by atoms with Gasteiger partial charge in [-0.1, -0.05) is 55.8 Å². The average Bonchev–Trinajstić information content (AvgIpc) is 2.80.